The van der Waals surface area contributed by atoms with Crippen LogP contribution >= 0.6 is 0 Å². The van der Waals surface area contributed by atoms with Gasteiger partial charge in [-0.15, -0.1) is 0 Å². The lowest BCUT2D eigenvalue weighted by Crippen LogP contribution is -2.15. The third-order valence-electron chi connectivity index (χ3n) is 1.56. The number of hydrogen-bond acceptors (Lipinski definition) is 3. The lowest BCUT2D eigenvalue weighted by molar-refractivity contribution is -0.148. The Labute approximate surface area is 68.8 Å². The molecular formula is C8H8O4. The van der Waals surface area contributed by atoms with Crippen LogP contribution in [-0.4, -0.2) is 16.9 Å². The summed E-state index contributed by atoms with van der Waals surface area (Å²) in [5.41, 5.74) is 0.627. The largest absolute Gasteiger partial charge is 0.475 e. The second-order valence-corrected chi connectivity index (χ2v) is 2.41. The molecule has 1 heterocycles. The first-order valence-electron chi connectivity index (χ1n) is 3.40. The van der Waals surface area contributed by atoms with Gasteiger partial charge < -0.3 is 9.52 Å². The molecule has 0 saturated carbocycles. The number of rotatable bonds is 3. The minimum Gasteiger partial charge on any atom is -0.475 e. The van der Waals surface area contributed by atoms with Crippen LogP contribution in [0, 0.1) is 6.92 Å². The van der Waals surface area contributed by atoms with Crippen molar-refractivity contribution in [2.45, 2.75) is 13.3 Å². The molecule has 1 aromatic rings. The predicted octanol–water partition coefficient (Wildman–Crippen LogP) is 0.784. The van der Waals surface area contributed by atoms with Gasteiger partial charge in [-0.2, -0.15) is 0 Å². The van der Waals surface area contributed by atoms with Gasteiger partial charge in [-0.25, -0.2) is 4.79 Å². The van der Waals surface area contributed by atoms with E-state index in [9.17, 15) is 9.59 Å². The maximum Gasteiger partial charge on any atom is 0.372 e. The number of Topliss-reactive ketones (excluding diaryl/α,β-unsaturated/α-hetero) is 1. The molecule has 64 valence electrons. The van der Waals surface area contributed by atoms with E-state index in [1.165, 1.54) is 6.26 Å². The number of ketones is 1. The summed E-state index contributed by atoms with van der Waals surface area (Å²) in [7, 11) is 0. The van der Waals surface area contributed by atoms with Crippen molar-refractivity contribution in [3.8, 4) is 0 Å². The summed E-state index contributed by atoms with van der Waals surface area (Å²) < 4.78 is 4.90. The summed E-state index contributed by atoms with van der Waals surface area (Å²) >= 11 is 0. The summed E-state index contributed by atoms with van der Waals surface area (Å²) in [6.45, 7) is 1.68. The molecule has 0 bridgehead atoms. The molecule has 1 aromatic heterocycles. The Morgan fingerprint density at radius 3 is 2.67 bits per heavy atom. The van der Waals surface area contributed by atoms with Crippen LogP contribution in [0.5, 0.6) is 0 Å². The van der Waals surface area contributed by atoms with Crippen molar-refractivity contribution >= 4 is 11.8 Å². The van der Waals surface area contributed by atoms with Gasteiger partial charge in [0.25, 0.3) is 0 Å². The van der Waals surface area contributed by atoms with Crippen LogP contribution in [0.4, 0.5) is 0 Å². The Bertz CT molecular complexity index is 311. The first kappa shape index (κ1) is 8.52. The van der Waals surface area contributed by atoms with Crippen molar-refractivity contribution in [1.29, 1.82) is 0 Å². The Kier molecular flexibility index (Phi) is 2.28. The van der Waals surface area contributed by atoms with E-state index in [1.54, 1.807) is 13.0 Å². The van der Waals surface area contributed by atoms with Gasteiger partial charge in [-0.1, -0.05) is 0 Å². The van der Waals surface area contributed by atoms with E-state index in [-0.39, 0.29) is 6.42 Å². The standard InChI is InChI=1S/C8H8O4/c1-5-6(2-3-12-5)4-7(9)8(10)11/h2-3H,4H2,1H3,(H,10,11). The second-order valence-electron chi connectivity index (χ2n) is 2.41. The molecule has 0 saturated heterocycles. The van der Waals surface area contributed by atoms with Crippen molar-refractivity contribution in [2.24, 2.45) is 0 Å². The molecule has 0 atom stereocenters. The van der Waals surface area contributed by atoms with Gasteiger partial charge in [-0.3, -0.25) is 4.79 Å². The number of hydrogen-bond donors (Lipinski definition) is 1. The lowest BCUT2D eigenvalue weighted by Gasteiger charge is -1.92. The highest BCUT2D eigenvalue weighted by atomic mass is 16.4. The molecular weight excluding hydrogens is 160 g/mol. The van der Waals surface area contributed by atoms with E-state index >= 15 is 0 Å². The monoisotopic (exact) mass is 168 g/mol. The predicted molar refractivity (Wildman–Crippen MR) is 39.8 cm³/mol. The molecule has 0 aliphatic carbocycles. The first-order valence-corrected chi connectivity index (χ1v) is 3.40. The number of aliphatic carboxylic acids is 1. The molecule has 12 heavy (non-hydrogen) atoms. The quantitative estimate of drug-likeness (QED) is 0.677. The number of aryl methyl sites for hydroxylation is 1. The molecule has 1 rings (SSSR count). The summed E-state index contributed by atoms with van der Waals surface area (Å²) in [5, 5.41) is 8.29. The molecule has 0 unspecified atom stereocenters. The lowest BCUT2D eigenvalue weighted by atomic mass is 10.1. The fourth-order valence-electron chi connectivity index (χ4n) is 0.843. The highest BCUT2D eigenvalue weighted by Gasteiger charge is 2.14. The normalized spacial score (nSPS) is 9.75. The highest BCUT2D eigenvalue weighted by Crippen LogP contribution is 2.09. The molecule has 4 nitrogen and oxygen atoms in total. The van der Waals surface area contributed by atoms with Gasteiger partial charge >= 0.3 is 5.97 Å². The number of carbonyl (C=O) groups excluding carboxylic acids is 1. The molecule has 0 spiro atoms. The Morgan fingerprint density at radius 1 is 1.58 bits per heavy atom. The van der Waals surface area contributed by atoms with E-state index < -0.39 is 11.8 Å². The molecule has 0 radical (unpaired) electrons. The molecule has 0 aliphatic rings. The van der Waals surface area contributed by atoms with E-state index in [0.29, 0.717) is 11.3 Å². The summed E-state index contributed by atoms with van der Waals surface area (Å²) in [5.74, 6) is -1.64. The smallest absolute Gasteiger partial charge is 0.372 e. The Morgan fingerprint density at radius 2 is 2.25 bits per heavy atom. The summed E-state index contributed by atoms with van der Waals surface area (Å²) in [4.78, 5) is 20.9. The molecule has 0 aliphatic heterocycles. The summed E-state index contributed by atoms with van der Waals surface area (Å²) in [6.07, 6.45) is 1.33. The topological polar surface area (TPSA) is 67.5 Å². The molecule has 0 aromatic carbocycles. The SMILES string of the molecule is Cc1occc1CC(=O)C(=O)O. The van der Waals surface area contributed by atoms with Gasteiger partial charge in [0.2, 0.25) is 5.78 Å². The molecule has 1 N–H and O–H groups in total. The van der Waals surface area contributed by atoms with Crippen LogP contribution in [0.25, 0.3) is 0 Å². The van der Waals surface area contributed by atoms with E-state index in [0.717, 1.165) is 0 Å². The van der Waals surface area contributed by atoms with Gasteiger partial charge in [0.1, 0.15) is 5.76 Å². The second kappa shape index (κ2) is 3.21. The van der Waals surface area contributed by atoms with E-state index in [2.05, 4.69) is 0 Å². The fourth-order valence-corrected chi connectivity index (χ4v) is 0.843. The van der Waals surface area contributed by atoms with Crippen LogP contribution in [0.3, 0.4) is 0 Å². The van der Waals surface area contributed by atoms with Crippen LogP contribution in [0.15, 0.2) is 16.7 Å². The third kappa shape index (κ3) is 1.72. The van der Waals surface area contributed by atoms with Crippen LogP contribution in [-0.2, 0) is 16.0 Å². The molecule has 4 heteroatoms. The fraction of sp³-hybridized carbons (Fsp3) is 0.250. The van der Waals surface area contributed by atoms with Gasteiger partial charge in [-0.05, 0) is 13.0 Å². The number of carboxylic acids is 1. The maximum atomic E-state index is 10.7. The zero-order valence-corrected chi connectivity index (χ0v) is 6.53. The average Bonchev–Trinajstić information content (AvgIpc) is 2.36. The van der Waals surface area contributed by atoms with Gasteiger partial charge in [0.05, 0.1) is 6.26 Å². The molecule has 0 amide bonds. The third-order valence-corrected chi connectivity index (χ3v) is 1.56. The van der Waals surface area contributed by atoms with Gasteiger partial charge in [0, 0.05) is 12.0 Å². The minimum atomic E-state index is -1.41. The van der Waals surface area contributed by atoms with Crippen molar-refractivity contribution in [1.82, 2.24) is 0 Å². The Hall–Kier alpha value is -1.58. The zero-order valence-electron chi connectivity index (χ0n) is 6.53. The molecule has 0 fully saturated rings. The minimum absolute atomic E-state index is 0.0995. The first-order chi connectivity index (χ1) is 5.61. The van der Waals surface area contributed by atoms with E-state index in [1.807, 2.05) is 0 Å². The highest BCUT2D eigenvalue weighted by molar-refractivity contribution is 6.33. The average molecular weight is 168 g/mol. The number of carbonyl (C=O) groups is 2. The van der Waals surface area contributed by atoms with Crippen molar-refractivity contribution in [2.75, 3.05) is 0 Å². The van der Waals surface area contributed by atoms with Crippen LogP contribution in [0.1, 0.15) is 11.3 Å². The van der Waals surface area contributed by atoms with E-state index in [4.69, 9.17) is 9.52 Å². The number of furan rings is 1. The number of carboxylic acid groups (broad SMARTS) is 1. The van der Waals surface area contributed by atoms with Crippen molar-refractivity contribution < 1.29 is 19.1 Å². The summed E-state index contributed by atoms with van der Waals surface area (Å²) in [6, 6.07) is 1.59. The Balaban J connectivity index is 2.71. The van der Waals surface area contributed by atoms with Crippen molar-refractivity contribution in [3.05, 3.63) is 23.7 Å². The van der Waals surface area contributed by atoms with Gasteiger partial charge in [0.15, 0.2) is 0 Å². The zero-order chi connectivity index (χ0) is 9.14. The van der Waals surface area contributed by atoms with Crippen LogP contribution < -0.4 is 0 Å². The van der Waals surface area contributed by atoms with Crippen molar-refractivity contribution in [3.63, 3.8) is 0 Å². The van der Waals surface area contributed by atoms with Crippen LogP contribution in [0.2, 0.25) is 0 Å². The maximum absolute atomic E-state index is 10.7.